The first kappa shape index (κ1) is 15.9. The topological polar surface area (TPSA) is 60.5 Å². The molecule has 0 fully saturated rings. The van der Waals surface area contributed by atoms with E-state index in [-0.39, 0.29) is 10.9 Å². The Kier molecular flexibility index (Phi) is 4.03. The molecule has 1 aromatic heterocycles. The molecule has 0 saturated heterocycles. The number of pyridine rings is 1. The number of hydrogen-bond acceptors (Lipinski definition) is 5. The zero-order valence-electron chi connectivity index (χ0n) is 13.2. The molecule has 0 bridgehead atoms. The molecule has 8 heteroatoms. The van der Waals surface area contributed by atoms with Crippen LogP contribution in [0.2, 0.25) is 5.02 Å². The van der Waals surface area contributed by atoms with Gasteiger partial charge in [-0.25, -0.2) is 14.4 Å². The van der Waals surface area contributed by atoms with E-state index in [1.807, 2.05) is 23.2 Å². The van der Waals surface area contributed by atoms with Crippen LogP contribution in [-0.2, 0) is 0 Å². The van der Waals surface area contributed by atoms with E-state index in [0.29, 0.717) is 25.1 Å². The molecule has 1 amide bonds. The molecule has 2 N–H and O–H groups in total. The van der Waals surface area contributed by atoms with Gasteiger partial charge >= 0.3 is 0 Å². The minimum absolute atomic E-state index is 0.123. The van der Waals surface area contributed by atoms with Gasteiger partial charge in [-0.3, -0.25) is 4.79 Å². The van der Waals surface area contributed by atoms with Crippen molar-refractivity contribution in [3.63, 3.8) is 0 Å². The summed E-state index contributed by atoms with van der Waals surface area (Å²) >= 11 is 6.01. The molecule has 3 heterocycles. The van der Waals surface area contributed by atoms with Gasteiger partial charge in [0.25, 0.3) is 5.91 Å². The van der Waals surface area contributed by atoms with Gasteiger partial charge in [0.1, 0.15) is 11.6 Å². The summed E-state index contributed by atoms with van der Waals surface area (Å²) in [5.41, 5.74) is 8.42. The van der Waals surface area contributed by atoms with Crippen molar-refractivity contribution in [1.29, 1.82) is 0 Å². The fourth-order valence-electron chi connectivity index (χ4n) is 2.99. The second-order valence-electron chi connectivity index (χ2n) is 5.79. The van der Waals surface area contributed by atoms with E-state index in [4.69, 9.17) is 11.6 Å². The van der Waals surface area contributed by atoms with Crippen molar-refractivity contribution < 1.29 is 9.18 Å². The zero-order chi connectivity index (χ0) is 17.4. The van der Waals surface area contributed by atoms with Crippen LogP contribution in [0.3, 0.4) is 0 Å². The highest BCUT2D eigenvalue weighted by molar-refractivity contribution is 6.33. The molecule has 25 heavy (non-hydrogen) atoms. The molecule has 2 aliphatic rings. The first-order chi connectivity index (χ1) is 12.1. The summed E-state index contributed by atoms with van der Waals surface area (Å²) in [6.45, 7) is 0.955. The maximum Gasteiger partial charge on any atom is 0.255 e. The smallest absolute Gasteiger partial charge is 0.255 e. The molecule has 1 aromatic carbocycles. The second kappa shape index (κ2) is 6.34. The Balaban J connectivity index is 1.54. The first-order valence-corrected chi connectivity index (χ1v) is 8.20. The molecular formula is C17H15ClFN5O. The van der Waals surface area contributed by atoms with E-state index >= 15 is 0 Å². The maximum atomic E-state index is 13.2. The summed E-state index contributed by atoms with van der Waals surface area (Å²) < 4.78 is 13.2. The number of anilines is 1. The largest absolute Gasteiger partial charge is 0.332 e. The highest BCUT2D eigenvalue weighted by Gasteiger charge is 2.32. The number of nitrogens with one attached hydrogen (secondary N) is 2. The fraction of sp³-hybridized carbons (Fsp3) is 0.176. The Morgan fingerprint density at radius 1 is 1.28 bits per heavy atom. The van der Waals surface area contributed by atoms with Crippen LogP contribution in [0.4, 0.5) is 10.2 Å². The summed E-state index contributed by atoms with van der Waals surface area (Å²) in [7, 11) is 0. The van der Waals surface area contributed by atoms with Gasteiger partial charge in [0, 0.05) is 19.2 Å². The third kappa shape index (κ3) is 2.92. The standard InChI is InChI=1S/C17H15ClFN5O/c18-13-9-11(19)4-5-12(13)17(25)23-8-6-15-14(10-23)21-22-24(15)16-3-1-2-7-20-16/h1-5,7,9,21-22H,6,8,10H2. The van der Waals surface area contributed by atoms with Gasteiger partial charge in [0.2, 0.25) is 0 Å². The van der Waals surface area contributed by atoms with Gasteiger partial charge in [0.15, 0.2) is 0 Å². The molecule has 0 radical (unpaired) electrons. The Labute approximate surface area is 148 Å². The zero-order valence-corrected chi connectivity index (χ0v) is 13.9. The van der Waals surface area contributed by atoms with Crippen molar-refractivity contribution in [2.45, 2.75) is 6.42 Å². The lowest BCUT2D eigenvalue weighted by Crippen LogP contribution is -2.39. The second-order valence-corrected chi connectivity index (χ2v) is 6.19. The van der Waals surface area contributed by atoms with Crippen LogP contribution in [-0.4, -0.2) is 28.9 Å². The highest BCUT2D eigenvalue weighted by atomic mass is 35.5. The summed E-state index contributed by atoms with van der Waals surface area (Å²) in [5.74, 6) is 0.105. The van der Waals surface area contributed by atoms with Crippen molar-refractivity contribution in [3.05, 3.63) is 70.4 Å². The molecule has 0 unspecified atom stereocenters. The molecule has 6 nitrogen and oxygen atoms in total. The number of aromatic nitrogens is 1. The average molecular weight is 360 g/mol. The third-order valence-electron chi connectivity index (χ3n) is 4.23. The van der Waals surface area contributed by atoms with Crippen molar-refractivity contribution in [2.24, 2.45) is 0 Å². The predicted octanol–water partition coefficient (Wildman–Crippen LogP) is 2.46. The lowest BCUT2D eigenvalue weighted by molar-refractivity contribution is 0.0762. The van der Waals surface area contributed by atoms with Gasteiger partial charge in [-0.15, -0.1) is 5.53 Å². The van der Waals surface area contributed by atoms with Crippen molar-refractivity contribution in [2.75, 3.05) is 18.1 Å². The van der Waals surface area contributed by atoms with Gasteiger partial charge in [-0.1, -0.05) is 17.7 Å². The lowest BCUT2D eigenvalue weighted by atomic mass is 10.1. The summed E-state index contributed by atoms with van der Waals surface area (Å²) in [5, 5.41) is 2.00. The van der Waals surface area contributed by atoms with Crippen LogP contribution in [0.15, 0.2) is 54.0 Å². The van der Waals surface area contributed by atoms with Crippen molar-refractivity contribution in [3.8, 4) is 0 Å². The molecule has 128 valence electrons. The Bertz CT molecular complexity index is 857. The number of nitrogens with zero attached hydrogens (tertiary/aromatic N) is 3. The molecule has 4 rings (SSSR count). The van der Waals surface area contributed by atoms with Crippen molar-refractivity contribution in [1.82, 2.24) is 20.8 Å². The summed E-state index contributed by atoms with van der Waals surface area (Å²) in [4.78, 5) is 18.7. The molecule has 2 aliphatic heterocycles. The number of halogens is 2. The third-order valence-corrected chi connectivity index (χ3v) is 4.54. The Morgan fingerprint density at radius 2 is 2.16 bits per heavy atom. The number of carbonyl (C=O) groups excluding carboxylic acids is 1. The molecule has 0 saturated carbocycles. The van der Waals surface area contributed by atoms with Crippen LogP contribution < -0.4 is 16.0 Å². The summed E-state index contributed by atoms with van der Waals surface area (Å²) in [6.07, 6.45) is 2.39. The number of carbonyl (C=O) groups is 1. The van der Waals surface area contributed by atoms with Gasteiger partial charge in [-0.05, 0) is 30.3 Å². The van der Waals surface area contributed by atoms with Crippen LogP contribution in [0.25, 0.3) is 0 Å². The minimum Gasteiger partial charge on any atom is -0.332 e. The van der Waals surface area contributed by atoms with Crippen LogP contribution >= 0.6 is 11.6 Å². The van der Waals surface area contributed by atoms with E-state index in [0.717, 1.165) is 23.3 Å². The lowest BCUT2D eigenvalue weighted by Gasteiger charge is -2.29. The quantitative estimate of drug-likeness (QED) is 0.862. The number of benzene rings is 1. The van der Waals surface area contributed by atoms with E-state index in [1.165, 1.54) is 12.1 Å². The van der Waals surface area contributed by atoms with Gasteiger partial charge in [0.05, 0.1) is 28.5 Å². The van der Waals surface area contributed by atoms with E-state index in [1.54, 1.807) is 11.1 Å². The van der Waals surface area contributed by atoms with Gasteiger partial charge in [-0.2, -0.15) is 0 Å². The minimum atomic E-state index is -0.460. The molecule has 2 aromatic rings. The number of hydrazine groups is 2. The summed E-state index contributed by atoms with van der Waals surface area (Å²) in [6, 6.07) is 9.49. The number of rotatable bonds is 2. The fourth-order valence-corrected chi connectivity index (χ4v) is 3.24. The highest BCUT2D eigenvalue weighted by Crippen LogP contribution is 2.28. The number of hydrogen-bond donors (Lipinski definition) is 2. The van der Waals surface area contributed by atoms with Crippen molar-refractivity contribution >= 4 is 23.3 Å². The monoisotopic (exact) mass is 359 g/mol. The van der Waals surface area contributed by atoms with E-state index in [2.05, 4.69) is 15.9 Å². The normalized spacial score (nSPS) is 16.7. The Hall–Kier alpha value is -2.64. The maximum absolute atomic E-state index is 13.2. The van der Waals surface area contributed by atoms with E-state index in [9.17, 15) is 9.18 Å². The predicted molar refractivity (Wildman–Crippen MR) is 91.9 cm³/mol. The molecule has 0 spiro atoms. The SMILES string of the molecule is O=C(c1ccc(F)cc1Cl)N1CCC2=C(C1)NNN2c1ccccn1. The van der Waals surface area contributed by atoms with E-state index < -0.39 is 5.82 Å². The average Bonchev–Trinajstić information content (AvgIpc) is 3.05. The first-order valence-electron chi connectivity index (χ1n) is 7.82. The van der Waals surface area contributed by atoms with Crippen LogP contribution in [0, 0.1) is 5.82 Å². The van der Waals surface area contributed by atoms with Crippen LogP contribution in [0.1, 0.15) is 16.8 Å². The molecule has 0 aliphatic carbocycles. The van der Waals surface area contributed by atoms with Crippen LogP contribution in [0.5, 0.6) is 0 Å². The van der Waals surface area contributed by atoms with Gasteiger partial charge < -0.3 is 10.3 Å². The molecule has 0 atom stereocenters. The molecular weight excluding hydrogens is 345 g/mol. The number of amides is 1. The Morgan fingerprint density at radius 3 is 2.92 bits per heavy atom.